The van der Waals surface area contributed by atoms with Gasteiger partial charge in [0, 0.05) is 17.3 Å². The van der Waals surface area contributed by atoms with Crippen LogP contribution in [-0.4, -0.2) is 4.98 Å². The van der Waals surface area contributed by atoms with Crippen LogP contribution in [0.3, 0.4) is 0 Å². The first-order chi connectivity index (χ1) is 23.8. The average Bonchev–Trinajstić information content (AvgIpc) is 3.17. The predicted molar refractivity (Wildman–Crippen MR) is 204 cm³/mol. The summed E-state index contributed by atoms with van der Waals surface area (Å²) in [7, 11) is 0. The van der Waals surface area contributed by atoms with Gasteiger partial charge in [-0.2, -0.15) is 0 Å². The predicted octanol–water partition coefficient (Wildman–Crippen LogP) is 12.9. The zero-order valence-electron chi connectivity index (χ0n) is 26.3. The van der Waals surface area contributed by atoms with Gasteiger partial charge >= 0.3 is 0 Å². The molecular formula is C47H31N. The van der Waals surface area contributed by atoms with Crippen molar-refractivity contribution in [1.29, 1.82) is 0 Å². The van der Waals surface area contributed by atoms with Gasteiger partial charge in [-0.1, -0.05) is 176 Å². The Labute approximate surface area is 280 Å². The van der Waals surface area contributed by atoms with Crippen LogP contribution in [0.15, 0.2) is 188 Å². The molecule has 1 aromatic heterocycles. The summed E-state index contributed by atoms with van der Waals surface area (Å²) in [5.41, 5.74) is 11.8. The minimum absolute atomic E-state index is 0.982. The lowest BCUT2D eigenvalue weighted by Crippen LogP contribution is -1.92. The quantitative estimate of drug-likeness (QED) is 0.177. The zero-order chi connectivity index (χ0) is 31.9. The van der Waals surface area contributed by atoms with Crippen molar-refractivity contribution in [3.05, 3.63) is 188 Å². The second-order valence-corrected chi connectivity index (χ2v) is 12.3. The molecule has 1 heterocycles. The molecule has 0 atom stereocenters. The zero-order valence-corrected chi connectivity index (χ0v) is 26.3. The number of benzene rings is 8. The molecule has 0 aliphatic heterocycles. The highest BCUT2D eigenvalue weighted by Gasteiger charge is 2.17. The van der Waals surface area contributed by atoms with Gasteiger partial charge in [-0.15, -0.1) is 0 Å². The van der Waals surface area contributed by atoms with E-state index in [9.17, 15) is 0 Å². The van der Waals surface area contributed by atoms with Crippen LogP contribution in [0.4, 0.5) is 0 Å². The number of rotatable bonds is 5. The summed E-state index contributed by atoms with van der Waals surface area (Å²) in [6.45, 7) is 0. The topological polar surface area (TPSA) is 12.9 Å². The normalized spacial score (nSPS) is 11.3. The van der Waals surface area contributed by atoms with Gasteiger partial charge in [0.25, 0.3) is 0 Å². The molecule has 0 saturated heterocycles. The van der Waals surface area contributed by atoms with Crippen LogP contribution in [0, 0.1) is 0 Å². The molecule has 1 heteroatoms. The summed E-state index contributed by atoms with van der Waals surface area (Å²) < 4.78 is 0. The second-order valence-electron chi connectivity index (χ2n) is 12.3. The number of hydrogen-bond acceptors (Lipinski definition) is 1. The van der Waals surface area contributed by atoms with Crippen LogP contribution in [-0.2, 0) is 0 Å². The maximum Gasteiger partial charge on any atom is 0.0708 e. The Bertz CT molecular complexity index is 2500. The molecule has 0 saturated carbocycles. The average molecular weight is 610 g/mol. The number of fused-ring (bicyclic) bond motifs is 3. The first-order valence-electron chi connectivity index (χ1n) is 16.5. The first kappa shape index (κ1) is 28.0. The third-order valence-electron chi connectivity index (χ3n) is 9.55. The van der Waals surface area contributed by atoms with E-state index in [0.29, 0.717) is 0 Å². The Morgan fingerprint density at radius 1 is 0.271 bits per heavy atom. The highest BCUT2D eigenvalue weighted by atomic mass is 14.7. The van der Waals surface area contributed by atoms with Crippen molar-refractivity contribution < 1.29 is 0 Å². The Balaban J connectivity index is 1.13. The highest BCUT2D eigenvalue weighted by Crippen LogP contribution is 2.44. The molecule has 0 bridgehead atoms. The molecule has 0 aliphatic rings. The Morgan fingerprint density at radius 2 is 0.688 bits per heavy atom. The van der Waals surface area contributed by atoms with Crippen LogP contribution < -0.4 is 0 Å². The largest absolute Gasteiger partial charge is 0.256 e. The third-order valence-corrected chi connectivity index (χ3v) is 9.55. The highest BCUT2D eigenvalue weighted by molar-refractivity contribution is 6.21. The lowest BCUT2D eigenvalue weighted by molar-refractivity contribution is 1.34. The lowest BCUT2D eigenvalue weighted by atomic mass is 9.86. The number of hydrogen-bond donors (Lipinski definition) is 0. The van der Waals surface area contributed by atoms with Crippen molar-refractivity contribution >= 4 is 32.3 Å². The minimum Gasteiger partial charge on any atom is -0.256 e. The molecule has 0 radical (unpaired) electrons. The van der Waals surface area contributed by atoms with Gasteiger partial charge in [-0.25, -0.2) is 0 Å². The van der Waals surface area contributed by atoms with Gasteiger partial charge in [0.2, 0.25) is 0 Å². The van der Waals surface area contributed by atoms with E-state index in [1.54, 1.807) is 0 Å². The summed E-state index contributed by atoms with van der Waals surface area (Å²) in [5.74, 6) is 0. The van der Waals surface area contributed by atoms with Crippen LogP contribution in [0.25, 0.3) is 88.1 Å². The van der Waals surface area contributed by atoms with E-state index in [-0.39, 0.29) is 0 Å². The fourth-order valence-electron chi connectivity index (χ4n) is 7.22. The Morgan fingerprint density at radius 3 is 1.23 bits per heavy atom. The SMILES string of the molecule is c1ccc(-c2ccc(-c3ccc(-c4c5ccccc5c(-c5ccc(-c6cccc7ccccc67)nc5)c5ccccc45)cc3)cc2)cc1. The van der Waals surface area contributed by atoms with E-state index in [2.05, 4.69) is 182 Å². The van der Waals surface area contributed by atoms with Crippen molar-refractivity contribution in [3.63, 3.8) is 0 Å². The fourth-order valence-corrected chi connectivity index (χ4v) is 7.22. The summed E-state index contributed by atoms with van der Waals surface area (Å²) >= 11 is 0. The lowest BCUT2D eigenvalue weighted by Gasteiger charge is -2.18. The van der Waals surface area contributed by atoms with Gasteiger partial charge < -0.3 is 0 Å². The number of nitrogens with zero attached hydrogens (tertiary/aromatic N) is 1. The molecular weight excluding hydrogens is 579 g/mol. The molecule has 8 aromatic carbocycles. The molecule has 0 aliphatic carbocycles. The molecule has 0 spiro atoms. The molecule has 0 fully saturated rings. The van der Waals surface area contributed by atoms with E-state index in [1.807, 2.05) is 6.20 Å². The van der Waals surface area contributed by atoms with E-state index in [4.69, 9.17) is 4.98 Å². The first-order valence-corrected chi connectivity index (χ1v) is 16.5. The smallest absolute Gasteiger partial charge is 0.0708 e. The van der Waals surface area contributed by atoms with Crippen molar-refractivity contribution in [2.75, 3.05) is 0 Å². The van der Waals surface area contributed by atoms with E-state index >= 15 is 0 Å². The van der Waals surface area contributed by atoms with Crippen LogP contribution in [0.2, 0.25) is 0 Å². The third kappa shape index (κ3) is 4.85. The van der Waals surface area contributed by atoms with Crippen molar-refractivity contribution in [3.8, 4) is 55.8 Å². The number of aromatic nitrogens is 1. The van der Waals surface area contributed by atoms with Crippen LogP contribution in [0.5, 0.6) is 0 Å². The van der Waals surface area contributed by atoms with Crippen LogP contribution in [0.1, 0.15) is 0 Å². The summed E-state index contributed by atoms with van der Waals surface area (Å²) in [5, 5.41) is 7.38. The van der Waals surface area contributed by atoms with Gasteiger partial charge in [-0.05, 0) is 77.3 Å². The molecule has 1 nitrogen and oxygen atoms in total. The van der Waals surface area contributed by atoms with Gasteiger partial charge in [-0.3, -0.25) is 4.98 Å². The standard InChI is InChI=1S/C47H31N/c1-2-11-32(12-3-1)33-21-23-34(24-22-33)35-25-27-37(28-26-35)46-41-16-6-8-18-43(41)47(44-19-9-7-17-42(44)46)38-29-30-45(48-31-38)40-20-10-14-36-13-4-5-15-39(36)40/h1-31H. The molecule has 9 aromatic rings. The molecule has 0 unspecified atom stereocenters. The van der Waals surface area contributed by atoms with Crippen molar-refractivity contribution in [2.45, 2.75) is 0 Å². The molecule has 0 N–H and O–H groups in total. The number of pyridine rings is 1. The Hall–Kier alpha value is -6.31. The second kappa shape index (κ2) is 11.8. The molecule has 48 heavy (non-hydrogen) atoms. The minimum atomic E-state index is 0.982. The summed E-state index contributed by atoms with van der Waals surface area (Å²) in [6.07, 6.45) is 2.04. The monoisotopic (exact) mass is 609 g/mol. The van der Waals surface area contributed by atoms with Gasteiger partial charge in [0.05, 0.1) is 5.69 Å². The maximum absolute atomic E-state index is 5.03. The van der Waals surface area contributed by atoms with E-state index in [1.165, 1.54) is 71.3 Å². The molecule has 224 valence electrons. The maximum atomic E-state index is 5.03. The summed E-state index contributed by atoms with van der Waals surface area (Å²) in [4.78, 5) is 5.03. The molecule has 9 rings (SSSR count). The van der Waals surface area contributed by atoms with Gasteiger partial charge in [0.15, 0.2) is 0 Å². The van der Waals surface area contributed by atoms with Gasteiger partial charge in [0.1, 0.15) is 0 Å². The van der Waals surface area contributed by atoms with E-state index < -0.39 is 0 Å². The van der Waals surface area contributed by atoms with Crippen molar-refractivity contribution in [2.24, 2.45) is 0 Å². The van der Waals surface area contributed by atoms with Crippen molar-refractivity contribution in [1.82, 2.24) is 4.98 Å². The van der Waals surface area contributed by atoms with Crippen LogP contribution >= 0.6 is 0 Å². The Kier molecular flexibility index (Phi) is 6.87. The fraction of sp³-hybridized carbons (Fsp3) is 0. The molecule has 0 amide bonds. The van der Waals surface area contributed by atoms with E-state index in [0.717, 1.165) is 16.8 Å². The summed E-state index contributed by atoms with van der Waals surface area (Å²) in [6, 6.07) is 65.4.